The minimum Gasteiger partial charge on any atom is -0.346 e. The van der Waals surface area contributed by atoms with E-state index in [-0.39, 0.29) is 19.0 Å². The number of nitrogens with zero attached hydrogens (tertiary/aromatic N) is 1. The van der Waals surface area contributed by atoms with Crippen molar-refractivity contribution in [3.05, 3.63) is 29.8 Å². The molecule has 1 heterocycles. The van der Waals surface area contributed by atoms with Crippen LogP contribution in [0.2, 0.25) is 0 Å². The van der Waals surface area contributed by atoms with Gasteiger partial charge in [-0.05, 0) is 31.9 Å². The zero-order valence-electron chi connectivity index (χ0n) is 13.2. The summed E-state index contributed by atoms with van der Waals surface area (Å²) in [6, 6.07) is 7.14. The Morgan fingerprint density at radius 2 is 1.96 bits per heavy atom. The fraction of sp³-hybridized carbons (Fsp3) is 0.438. The van der Waals surface area contributed by atoms with E-state index >= 15 is 0 Å². The molecule has 1 aromatic rings. The third-order valence-corrected chi connectivity index (χ3v) is 3.75. The molecule has 124 valence electrons. The lowest BCUT2D eigenvalue weighted by Gasteiger charge is -2.32. The minimum atomic E-state index is -0.563. The molecule has 0 spiro atoms. The molecule has 0 bridgehead atoms. The van der Waals surface area contributed by atoms with Crippen LogP contribution in [0.25, 0.3) is 0 Å². The molecule has 3 amide bonds. The van der Waals surface area contributed by atoms with Gasteiger partial charge in [-0.25, -0.2) is 0 Å². The molecule has 0 aromatic heterocycles. The Morgan fingerprint density at radius 1 is 1.26 bits per heavy atom. The van der Waals surface area contributed by atoms with Crippen LogP contribution in [0.5, 0.6) is 0 Å². The van der Waals surface area contributed by atoms with Gasteiger partial charge >= 0.3 is 0 Å². The lowest BCUT2D eigenvalue weighted by atomic mass is 10.0. The van der Waals surface area contributed by atoms with E-state index in [1.54, 1.807) is 4.90 Å². The molecule has 0 saturated carbocycles. The highest BCUT2D eigenvalue weighted by molar-refractivity contribution is 6.00. The first-order valence-electron chi connectivity index (χ1n) is 7.65. The second-order valence-electron chi connectivity index (χ2n) is 5.57. The first-order valence-corrected chi connectivity index (χ1v) is 7.65. The molecule has 4 N–H and O–H groups in total. The maximum Gasteiger partial charge on any atom is 0.249 e. The van der Waals surface area contributed by atoms with Crippen molar-refractivity contribution in [1.29, 1.82) is 0 Å². The third kappa shape index (κ3) is 4.53. The molecule has 1 unspecified atom stereocenters. The molecule has 1 atom stereocenters. The van der Waals surface area contributed by atoms with Gasteiger partial charge in [0.05, 0.1) is 13.1 Å². The van der Waals surface area contributed by atoms with Crippen molar-refractivity contribution >= 4 is 23.4 Å². The monoisotopic (exact) mass is 318 g/mol. The average Bonchev–Trinajstić information content (AvgIpc) is 2.55. The van der Waals surface area contributed by atoms with Crippen LogP contribution in [0.1, 0.15) is 18.4 Å². The standard InChI is InChI=1S/C16H22N4O3/c1-11-4-6-12(7-5-11)20-8-2-3-13(16(20)23)19-15(22)10-18-14(21)9-17/h4-7,13H,2-3,8-10,17H2,1H3,(H,18,21)(H,19,22). The number of carbonyl (C=O) groups is 3. The van der Waals surface area contributed by atoms with Crippen LogP contribution in [0.15, 0.2) is 24.3 Å². The highest BCUT2D eigenvalue weighted by Crippen LogP contribution is 2.21. The first kappa shape index (κ1) is 17.0. The highest BCUT2D eigenvalue weighted by Gasteiger charge is 2.30. The summed E-state index contributed by atoms with van der Waals surface area (Å²) in [6.07, 6.45) is 1.40. The summed E-state index contributed by atoms with van der Waals surface area (Å²) in [5.74, 6) is -0.925. The summed E-state index contributed by atoms with van der Waals surface area (Å²) in [5.41, 5.74) is 7.11. The number of anilines is 1. The number of benzene rings is 1. The number of nitrogens with two attached hydrogens (primary N) is 1. The largest absolute Gasteiger partial charge is 0.346 e. The SMILES string of the molecule is Cc1ccc(N2CCCC(NC(=O)CNC(=O)CN)C2=O)cc1. The molecule has 0 aliphatic carbocycles. The predicted molar refractivity (Wildman–Crippen MR) is 86.8 cm³/mol. The number of nitrogens with one attached hydrogen (secondary N) is 2. The third-order valence-electron chi connectivity index (χ3n) is 3.75. The van der Waals surface area contributed by atoms with E-state index in [2.05, 4.69) is 10.6 Å². The zero-order valence-corrected chi connectivity index (χ0v) is 13.2. The number of hydrogen-bond acceptors (Lipinski definition) is 4. The molecule has 1 saturated heterocycles. The molecule has 0 radical (unpaired) electrons. The summed E-state index contributed by atoms with van der Waals surface area (Å²) >= 11 is 0. The van der Waals surface area contributed by atoms with E-state index in [1.807, 2.05) is 31.2 Å². The Bertz CT molecular complexity index is 585. The van der Waals surface area contributed by atoms with E-state index in [4.69, 9.17) is 5.73 Å². The quantitative estimate of drug-likeness (QED) is 0.692. The summed E-state index contributed by atoms with van der Waals surface area (Å²) < 4.78 is 0. The molecule has 7 nitrogen and oxygen atoms in total. The van der Waals surface area contributed by atoms with Crippen molar-refractivity contribution in [3.63, 3.8) is 0 Å². The Morgan fingerprint density at radius 3 is 2.61 bits per heavy atom. The van der Waals surface area contributed by atoms with E-state index < -0.39 is 17.9 Å². The fourth-order valence-electron chi connectivity index (χ4n) is 2.49. The van der Waals surface area contributed by atoms with E-state index in [0.717, 1.165) is 17.7 Å². The van der Waals surface area contributed by atoms with Gasteiger partial charge in [-0.15, -0.1) is 0 Å². The fourth-order valence-corrected chi connectivity index (χ4v) is 2.49. The zero-order chi connectivity index (χ0) is 16.8. The normalized spacial score (nSPS) is 17.7. The topological polar surface area (TPSA) is 105 Å². The second kappa shape index (κ2) is 7.73. The van der Waals surface area contributed by atoms with Gasteiger partial charge in [0.1, 0.15) is 6.04 Å². The van der Waals surface area contributed by atoms with Crippen LogP contribution >= 0.6 is 0 Å². The maximum atomic E-state index is 12.5. The van der Waals surface area contributed by atoms with Crippen molar-refractivity contribution in [1.82, 2.24) is 10.6 Å². The smallest absolute Gasteiger partial charge is 0.249 e. The Balaban J connectivity index is 1.95. The van der Waals surface area contributed by atoms with Gasteiger partial charge < -0.3 is 21.3 Å². The minimum absolute atomic E-state index is 0.126. The molecule has 1 aromatic carbocycles. The number of rotatable bonds is 5. The summed E-state index contributed by atoms with van der Waals surface area (Å²) in [5, 5.41) is 5.06. The molecular formula is C16H22N4O3. The molecule has 2 rings (SSSR count). The van der Waals surface area contributed by atoms with Crippen LogP contribution in [0.4, 0.5) is 5.69 Å². The van der Waals surface area contributed by atoms with Crippen LogP contribution < -0.4 is 21.3 Å². The second-order valence-corrected chi connectivity index (χ2v) is 5.57. The summed E-state index contributed by atoms with van der Waals surface area (Å²) in [6.45, 7) is 2.28. The van der Waals surface area contributed by atoms with Gasteiger partial charge in [0, 0.05) is 12.2 Å². The summed E-state index contributed by atoms with van der Waals surface area (Å²) in [4.78, 5) is 37.1. The van der Waals surface area contributed by atoms with Gasteiger partial charge in [-0.1, -0.05) is 17.7 Å². The van der Waals surface area contributed by atoms with Crippen molar-refractivity contribution < 1.29 is 14.4 Å². The lowest BCUT2D eigenvalue weighted by molar-refractivity contribution is -0.129. The Hall–Kier alpha value is -2.41. The number of piperidine rings is 1. The Kier molecular flexibility index (Phi) is 5.70. The van der Waals surface area contributed by atoms with Gasteiger partial charge in [0.2, 0.25) is 17.7 Å². The van der Waals surface area contributed by atoms with Gasteiger partial charge in [0.15, 0.2) is 0 Å². The number of carbonyl (C=O) groups excluding carboxylic acids is 3. The Labute approximate surface area is 135 Å². The highest BCUT2D eigenvalue weighted by atomic mass is 16.2. The number of amides is 3. The number of hydrogen-bond donors (Lipinski definition) is 3. The van der Waals surface area contributed by atoms with Gasteiger partial charge in [-0.3, -0.25) is 14.4 Å². The first-order chi connectivity index (χ1) is 11.0. The molecule has 7 heteroatoms. The van der Waals surface area contributed by atoms with Crippen molar-refractivity contribution in [2.45, 2.75) is 25.8 Å². The van der Waals surface area contributed by atoms with Crippen LogP contribution in [0.3, 0.4) is 0 Å². The van der Waals surface area contributed by atoms with Crippen molar-refractivity contribution in [2.24, 2.45) is 5.73 Å². The van der Waals surface area contributed by atoms with Gasteiger partial charge in [0.25, 0.3) is 0 Å². The molecule has 1 aliphatic rings. The van der Waals surface area contributed by atoms with Crippen molar-refractivity contribution in [2.75, 3.05) is 24.5 Å². The van der Waals surface area contributed by atoms with E-state index in [1.165, 1.54) is 0 Å². The maximum absolute atomic E-state index is 12.5. The molecule has 23 heavy (non-hydrogen) atoms. The van der Waals surface area contributed by atoms with E-state index in [9.17, 15) is 14.4 Å². The van der Waals surface area contributed by atoms with Crippen LogP contribution in [-0.2, 0) is 14.4 Å². The average molecular weight is 318 g/mol. The molecule has 1 aliphatic heterocycles. The van der Waals surface area contributed by atoms with Gasteiger partial charge in [-0.2, -0.15) is 0 Å². The lowest BCUT2D eigenvalue weighted by Crippen LogP contribution is -2.54. The predicted octanol–water partition coefficient (Wildman–Crippen LogP) is -0.318. The molecule has 1 fully saturated rings. The van der Waals surface area contributed by atoms with E-state index in [0.29, 0.717) is 13.0 Å². The number of aryl methyl sites for hydroxylation is 1. The van der Waals surface area contributed by atoms with Crippen LogP contribution in [-0.4, -0.2) is 43.4 Å². The summed E-state index contributed by atoms with van der Waals surface area (Å²) in [7, 11) is 0. The van der Waals surface area contributed by atoms with Crippen molar-refractivity contribution in [3.8, 4) is 0 Å². The molecular weight excluding hydrogens is 296 g/mol. The van der Waals surface area contributed by atoms with Crippen LogP contribution in [0, 0.1) is 6.92 Å².